The van der Waals surface area contributed by atoms with Crippen LogP contribution in [0.15, 0.2) is 18.2 Å². The van der Waals surface area contributed by atoms with Gasteiger partial charge in [0.1, 0.15) is 18.0 Å². The highest BCUT2D eigenvalue weighted by molar-refractivity contribution is 5.84. The molecule has 1 saturated heterocycles. The minimum absolute atomic E-state index is 0.0958. The second-order valence-corrected chi connectivity index (χ2v) is 10.4. The maximum absolute atomic E-state index is 12.8. The van der Waals surface area contributed by atoms with Crippen molar-refractivity contribution < 1.29 is 32.2 Å². The molecule has 1 aromatic rings. The molecule has 3 atom stereocenters. The fraction of sp³-hybridized carbons (Fsp3) is 0.652. The fourth-order valence-corrected chi connectivity index (χ4v) is 4.09. The molecule has 2 fully saturated rings. The number of likely N-dealkylation sites (tertiary alicyclic amines) is 1. The molecular weight excluding hydrogens is 425 g/mol. The Bertz CT molecular complexity index is 880. The quantitative estimate of drug-likeness (QED) is 0.713. The summed E-state index contributed by atoms with van der Waals surface area (Å²) in [4.78, 5) is 26.6. The number of piperidine rings is 1. The molecule has 1 heterocycles. The van der Waals surface area contributed by atoms with E-state index in [4.69, 9.17) is 9.47 Å². The van der Waals surface area contributed by atoms with Crippen molar-refractivity contribution in [2.24, 2.45) is 17.8 Å². The zero-order chi connectivity index (χ0) is 24.1. The number of carbonyl (C=O) groups excluding carboxylic acids is 2. The average Bonchev–Trinajstić information content (AvgIpc) is 3.12. The van der Waals surface area contributed by atoms with Gasteiger partial charge in [-0.2, -0.15) is 13.2 Å². The minimum atomic E-state index is -4.40. The summed E-state index contributed by atoms with van der Waals surface area (Å²) >= 11 is 0. The van der Waals surface area contributed by atoms with Crippen LogP contribution in [0.2, 0.25) is 0 Å². The zero-order valence-corrected chi connectivity index (χ0v) is 19.3. The number of amides is 2. The van der Waals surface area contributed by atoms with Crippen molar-refractivity contribution in [2.45, 2.75) is 58.9 Å². The van der Waals surface area contributed by atoms with Gasteiger partial charge >= 0.3 is 12.3 Å². The maximum Gasteiger partial charge on any atom is 0.416 e. The van der Waals surface area contributed by atoms with E-state index in [0.29, 0.717) is 24.4 Å². The molecule has 2 amide bonds. The number of carbonyl (C=O) groups is 2. The van der Waals surface area contributed by atoms with Crippen LogP contribution in [0.3, 0.4) is 0 Å². The van der Waals surface area contributed by atoms with E-state index >= 15 is 0 Å². The van der Waals surface area contributed by atoms with E-state index in [1.54, 1.807) is 25.7 Å². The summed E-state index contributed by atoms with van der Waals surface area (Å²) in [5, 5.41) is 2.98. The van der Waals surface area contributed by atoms with Crippen LogP contribution >= 0.6 is 0 Å². The van der Waals surface area contributed by atoms with Crippen LogP contribution in [0.1, 0.15) is 45.7 Å². The molecule has 3 rings (SSSR count). The zero-order valence-electron chi connectivity index (χ0n) is 19.3. The van der Waals surface area contributed by atoms with Crippen molar-refractivity contribution >= 4 is 12.0 Å². The number of hydrogen-bond donors (Lipinski definition) is 1. The van der Waals surface area contributed by atoms with E-state index in [2.05, 4.69) is 5.32 Å². The molecule has 2 aliphatic rings. The van der Waals surface area contributed by atoms with Crippen molar-refractivity contribution in [3.05, 3.63) is 29.3 Å². The van der Waals surface area contributed by atoms with E-state index in [0.717, 1.165) is 12.1 Å². The van der Waals surface area contributed by atoms with Crippen molar-refractivity contribution in [2.75, 3.05) is 19.7 Å². The SMILES string of the molecule is Cc1cc(C(F)(F)F)ccc1OCC(C)(C)NC(=O)[C@H]1[C@@H]2CN(C(=O)OC(C)(C)C)C[C@@H]21. The Morgan fingerprint density at radius 2 is 1.69 bits per heavy atom. The first-order valence-corrected chi connectivity index (χ1v) is 10.7. The molecule has 0 aromatic heterocycles. The van der Waals surface area contributed by atoms with Gasteiger partial charge in [-0.15, -0.1) is 0 Å². The first-order chi connectivity index (χ1) is 14.6. The van der Waals surface area contributed by atoms with Gasteiger partial charge in [0.2, 0.25) is 5.91 Å². The van der Waals surface area contributed by atoms with Gasteiger partial charge in [-0.1, -0.05) is 0 Å². The van der Waals surface area contributed by atoms with Gasteiger partial charge in [-0.25, -0.2) is 4.79 Å². The Morgan fingerprint density at radius 1 is 1.09 bits per heavy atom. The van der Waals surface area contributed by atoms with Crippen molar-refractivity contribution in [3.8, 4) is 5.75 Å². The molecule has 0 bridgehead atoms. The maximum atomic E-state index is 12.8. The summed E-state index contributed by atoms with van der Waals surface area (Å²) in [5.41, 5.74) is -1.62. The smallest absolute Gasteiger partial charge is 0.416 e. The van der Waals surface area contributed by atoms with Crippen molar-refractivity contribution in [1.82, 2.24) is 10.2 Å². The highest BCUT2D eigenvalue weighted by Crippen LogP contribution is 2.52. The number of ether oxygens (including phenoxy) is 2. The van der Waals surface area contributed by atoms with Crippen LogP contribution < -0.4 is 10.1 Å². The van der Waals surface area contributed by atoms with E-state index in [1.807, 2.05) is 20.8 Å². The van der Waals surface area contributed by atoms with Crippen LogP contribution in [0, 0.1) is 24.7 Å². The molecule has 0 spiro atoms. The Morgan fingerprint density at radius 3 is 2.19 bits per heavy atom. The number of rotatable bonds is 5. The minimum Gasteiger partial charge on any atom is -0.491 e. The van der Waals surface area contributed by atoms with Crippen molar-refractivity contribution in [1.29, 1.82) is 0 Å². The number of nitrogens with one attached hydrogen (secondary N) is 1. The summed E-state index contributed by atoms with van der Waals surface area (Å²) in [6.07, 6.45) is -4.76. The lowest BCUT2D eigenvalue weighted by Crippen LogP contribution is -2.49. The molecule has 178 valence electrons. The lowest BCUT2D eigenvalue weighted by Gasteiger charge is -2.28. The number of alkyl halides is 3. The lowest BCUT2D eigenvalue weighted by atomic mass is 10.1. The molecule has 9 heteroatoms. The predicted molar refractivity (Wildman–Crippen MR) is 112 cm³/mol. The first-order valence-electron chi connectivity index (χ1n) is 10.7. The third-order valence-corrected chi connectivity index (χ3v) is 5.70. The van der Waals surface area contributed by atoms with Gasteiger partial charge in [0.15, 0.2) is 0 Å². The van der Waals surface area contributed by atoms with Crippen LogP contribution in [-0.4, -0.2) is 47.7 Å². The second kappa shape index (κ2) is 8.15. The molecule has 6 nitrogen and oxygen atoms in total. The molecular formula is C23H31F3N2O4. The summed E-state index contributed by atoms with van der Waals surface area (Å²) in [6, 6.07) is 3.32. The topological polar surface area (TPSA) is 67.9 Å². The number of fused-ring (bicyclic) bond motifs is 1. The van der Waals surface area contributed by atoms with Gasteiger partial charge in [-0.05, 0) is 77.1 Å². The standard InChI is InChI=1S/C23H31F3N2O4/c1-13-9-14(23(24,25)26)7-8-17(13)31-12-22(5,6)27-19(29)18-15-10-28(11-16(15)18)20(30)32-21(2,3)4/h7-9,15-16,18H,10-12H2,1-6H3,(H,27,29)/t15-,16+,18+. The van der Waals surface area contributed by atoms with Crippen LogP contribution in [0.4, 0.5) is 18.0 Å². The molecule has 1 N–H and O–H groups in total. The second-order valence-electron chi connectivity index (χ2n) is 10.4. The van der Waals surface area contributed by atoms with E-state index in [1.165, 1.54) is 6.07 Å². The Hall–Kier alpha value is -2.45. The van der Waals surface area contributed by atoms with E-state index in [-0.39, 0.29) is 36.4 Å². The Balaban J connectivity index is 1.49. The van der Waals surface area contributed by atoms with Gasteiger partial charge in [0.25, 0.3) is 0 Å². The molecule has 1 aliphatic heterocycles. The highest BCUT2D eigenvalue weighted by Gasteiger charge is 2.61. The summed E-state index contributed by atoms with van der Waals surface area (Å²) < 4.78 is 49.6. The van der Waals surface area contributed by atoms with E-state index < -0.39 is 22.9 Å². The molecule has 1 aromatic carbocycles. The Labute approximate surface area is 186 Å². The number of nitrogens with zero attached hydrogens (tertiary/aromatic N) is 1. The Kier molecular flexibility index (Phi) is 6.17. The van der Waals surface area contributed by atoms with E-state index in [9.17, 15) is 22.8 Å². The molecule has 1 aliphatic carbocycles. The number of hydrogen-bond acceptors (Lipinski definition) is 4. The molecule has 32 heavy (non-hydrogen) atoms. The predicted octanol–water partition coefficient (Wildman–Crippen LogP) is 4.40. The number of halogens is 3. The largest absolute Gasteiger partial charge is 0.491 e. The fourth-order valence-electron chi connectivity index (χ4n) is 4.09. The third kappa shape index (κ3) is 5.66. The summed E-state index contributed by atoms with van der Waals surface area (Å²) in [7, 11) is 0. The molecule has 0 unspecified atom stereocenters. The van der Waals surface area contributed by atoms with Crippen LogP contribution in [0.25, 0.3) is 0 Å². The lowest BCUT2D eigenvalue weighted by molar-refractivity contribution is -0.137. The van der Waals surface area contributed by atoms with Gasteiger partial charge in [0.05, 0.1) is 11.1 Å². The summed E-state index contributed by atoms with van der Waals surface area (Å²) in [5.74, 6) is 0.340. The van der Waals surface area contributed by atoms with Gasteiger partial charge < -0.3 is 19.7 Å². The van der Waals surface area contributed by atoms with Gasteiger partial charge in [0, 0.05) is 19.0 Å². The summed E-state index contributed by atoms with van der Waals surface area (Å²) in [6.45, 7) is 11.7. The first kappa shape index (κ1) is 24.2. The molecule has 1 saturated carbocycles. The number of aryl methyl sites for hydroxylation is 1. The van der Waals surface area contributed by atoms with Crippen LogP contribution in [0.5, 0.6) is 5.75 Å². The monoisotopic (exact) mass is 456 g/mol. The third-order valence-electron chi connectivity index (χ3n) is 5.70. The molecule has 0 radical (unpaired) electrons. The average molecular weight is 457 g/mol. The van der Waals surface area contributed by atoms with Crippen molar-refractivity contribution in [3.63, 3.8) is 0 Å². The normalized spacial score (nSPS) is 22.9. The van der Waals surface area contributed by atoms with Gasteiger partial charge in [-0.3, -0.25) is 4.79 Å². The highest BCUT2D eigenvalue weighted by atomic mass is 19.4. The number of benzene rings is 1. The van der Waals surface area contributed by atoms with Crippen LogP contribution in [-0.2, 0) is 15.7 Å².